The van der Waals surface area contributed by atoms with Gasteiger partial charge < -0.3 is 4.74 Å². The van der Waals surface area contributed by atoms with Crippen molar-refractivity contribution in [3.05, 3.63) is 41.8 Å². The molecule has 0 amide bonds. The van der Waals surface area contributed by atoms with Crippen LogP contribution in [0.2, 0.25) is 5.02 Å². The van der Waals surface area contributed by atoms with Crippen LogP contribution in [-0.2, 0) is 0 Å². The Morgan fingerprint density at radius 1 is 1.54 bits per heavy atom. The molecule has 0 heterocycles. The Labute approximate surface area is 84.0 Å². The van der Waals surface area contributed by atoms with Gasteiger partial charge >= 0.3 is 0 Å². The Balaban J connectivity index is 3.23. The summed E-state index contributed by atoms with van der Waals surface area (Å²) in [5.74, 6) is 0.821. The van der Waals surface area contributed by atoms with Crippen LogP contribution in [0.15, 0.2) is 24.3 Å². The fraction of sp³-hybridized carbons (Fsp3) is 0.182. The molecule has 2 heteroatoms. The molecule has 0 spiro atoms. The number of hydrogen-bond donors (Lipinski definition) is 0. The number of allylic oxidation sites excluding steroid dienone is 2. The summed E-state index contributed by atoms with van der Waals surface area (Å²) in [6, 6.07) is 5.53. The smallest absolute Gasteiger partial charge is 0.126 e. The van der Waals surface area contributed by atoms with E-state index in [2.05, 4.69) is 6.92 Å². The van der Waals surface area contributed by atoms with Crippen LogP contribution in [0.3, 0.4) is 0 Å². The van der Waals surface area contributed by atoms with E-state index in [1.807, 2.05) is 19.1 Å². The van der Waals surface area contributed by atoms with E-state index < -0.39 is 0 Å². The summed E-state index contributed by atoms with van der Waals surface area (Å²) in [5.41, 5.74) is 2.05. The molecule has 0 unspecified atom stereocenters. The summed E-state index contributed by atoms with van der Waals surface area (Å²) in [6.07, 6.45) is 1.79. The SMILES string of the molecule is [CH2]/C=C(/C)c1cc(Cl)ccc1OC. The summed E-state index contributed by atoms with van der Waals surface area (Å²) in [6.45, 7) is 5.68. The molecule has 1 nitrogen and oxygen atoms in total. The number of benzene rings is 1. The van der Waals surface area contributed by atoms with Crippen molar-refractivity contribution in [2.45, 2.75) is 6.92 Å². The van der Waals surface area contributed by atoms with E-state index >= 15 is 0 Å². The fourth-order valence-electron chi connectivity index (χ4n) is 1.10. The first-order valence-electron chi connectivity index (χ1n) is 3.99. The van der Waals surface area contributed by atoms with Gasteiger partial charge in [0.25, 0.3) is 0 Å². The Morgan fingerprint density at radius 2 is 2.23 bits per heavy atom. The van der Waals surface area contributed by atoms with Crippen molar-refractivity contribution < 1.29 is 4.74 Å². The van der Waals surface area contributed by atoms with Crippen LogP contribution in [0.5, 0.6) is 5.75 Å². The van der Waals surface area contributed by atoms with Crippen LogP contribution in [0.4, 0.5) is 0 Å². The third-order valence-electron chi connectivity index (χ3n) is 1.89. The van der Waals surface area contributed by atoms with Crippen LogP contribution in [-0.4, -0.2) is 7.11 Å². The zero-order valence-electron chi connectivity index (χ0n) is 7.80. The summed E-state index contributed by atoms with van der Waals surface area (Å²) in [4.78, 5) is 0. The normalized spacial score (nSPS) is 11.5. The molecule has 0 aromatic heterocycles. The molecule has 1 rings (SSSR count). The van der Waals surface area contributed by atoms with Crippen molar-refractivity contribution in [3.8, 4) is 5.75 Å². The highest BCUT2D eigenvalue weighted by molar-refractivity contribution is 6.30. The van der Waals surface area contributed by atoms with Gasteiger partial charge in [-0.1, -0.05) is 17.7 Å². The molecular formula is C11H12ClO. The Bertz CT molecular complexity index is 329. The second-order valence-electron chi connectivity index (χ2n) is 2.73. The minimum absolute atomic E-state index is 0.706. The average Bonchev–Trinajstić information content (AvgIpc) is 2.16. The van der Waals surface area contributed by atoms with Gasteiger partial charge in [-0.05, 0) is 37.6 Å². The van der Waals surface area contributed by atoms with Gasteiger partial charge in [0.2, 0.25) is 0 Å². The third kappa shape index (κ3) is 2.25. The predicted octanol–water partition coefficient (Wildman–Crippen LogP) is 3.59. The molecule has 13 heavy (non-hydrogen) atoms. The van der Waals surface area contributed by atoms with E-state index in [1.165, 1.54) is 0 Å². The quantitative estimate of drug-likeness (QED) is 0.701. The van der Waals surface area contributed by atoms with Crippen LogP contribution >= 0.6 is 11.6 Å². The first-order valence-corrected chi connectivity index (χ1v) is 4.36. The summed E-state index contributed by atoms with van der Waals surface area (Å²) >= 11 is 5.87. The van der Waals surface area contributed by atoms with Gasteiger partial charge in [0.1, 0.15) is 5.75 Å². The standard InChI is InChI=1S/C11H12ClO/c1-4-8(2)10-7-9(12)5-6-11(10)13-3/h4-7H,1H2,2-3H3/b8-4-. The lowest BCUT2D eigenvalue weighted by atomic mass is 10.1. The highest BCUT2D eigenvalue weighted by Crippen LogP contribution is 2.28. The van der Waals surface area contributed by atoms with Crippen LogP contribution in [0, 0.1) is 6.92 Å². The number of ether oxygens (including phenoxy) is 1. The molecule has 0 bridgehead atoms. The number of rotatable bonds is 2. The summed E-state index contributed by atoms with van der Waals surface area (Å²) in [5, 5.41) is 0.706. The predicted molar refractivity (Wildman–Crippen MR) is 57.0 cm³/mol. The van der Waals surface area contributed by atoms with Gasteiger partial charge in [-0.2, -0.15) is 0 Å². The van der Waals surface area contributed by atoms with Gasteiger partial charge in [0.15, 0.2) is 0 Å². The van der Waals surface area contributed by atoms with Gasteiger partial charge in [0.05, 0.1) is 7.11 Å². The van der Waals surface area contributed by atoms with Crippen molar-refractivity contribution in [1.29, 1.82) is 0 Å². The summed E-state index contributed by atoms with van der Waals surface area (Å²) < 4.78 is 5.20. The van der Waals surface area contributed by atoms with Gasteiger partial charge in [0, 0.05) is 10.6 Å². The van der Waals surface area contributed by atoms with Crippen molar-refractivity contribution in [2.75, 3.05) is 7.11 Å². The maximum absolute atomic E-state index is 5.87. The molecule has 69 valence electrons. The molecule has 1 radical (unpaired) electrons. The minimum Gasteiger partial charge on any atom is -0.496 e. The second kappa shape index (κ2) is 4.33. The molecule has 0 aliphatic rings. The Hall–Kier alpha value is -0.950. The topological polar surface area (TPSA) is 9.23 Å². The maximum Gasteiger partial charge on any atom is 0.126 e. The summed E-state index contributed by atoms with van der Waals surface area (Å²) in [7, 11) is 1.64. The highest BCUT2D eigenvalue weighted by Gasteiger charge is 2.04. The lowest BCUT2D eigenvalue weighted by Crippen LogP contribution is -1.89. The Morgan fingerprint density at radius 3 is 2.77 bits per heavy atom. The van der Waals surface area contributed by atoms with E-state index in [1.54, 1.807) is 19.3 Å². The first kappa shape index (κ1) is 10.1. The largest absolute Gasteiger partial charge is 0.496 e. The molecule has 0 saturated carbocycles. The molecular weight excluding hydrogens is 184 g/mol. The molecule has 0 N–H and O–H groups in total. The lowest BCUT2D eigenvalue weighted by Gasteiger charge is -2.08. The third-order valence-corrected chi connectivity index (χ3v) is 2.13. The highest BCUT2D eigenvalue weighted by atomic mass is 35.5. The molecule has 1 aromatic rings. The second-order valence-corrected chi connectivity index (χ2v) is 3.17. The molecule has 0 saturated heterocycles. The zero-order chi connectivity index (χ0) is 9.84. The average molecular weight is 196 g/mol. The van der Waals surface area contributed by atoms with Crippen molar-refractivity contribution in [2.24, 2.45) is 0 Å². The van der Waals surface area contributed by atoms with E-state index in [0.29, 0.717) is 5.02 Å². The van der Waals surface area contributed by atoms with Gasteiger partial charge in [-0.3, -0.25) is 0 Å². The lowest BCUT2D eigenvalue weighted by molar-refractivity contribution is 0.413. The number of methoxy groups -OCH3 is 1. The molecule has 0 aliphatic carbocycles. The van der Waals surface area contributed by atoms with Crippen LogP contribution in [0.1, 0.15) is 12.5 Å². The minimum atomic E-state index is 0.706. The van der Waals surface area contributed by atoms with Crippen molar-refractivity contribution in [1.82, 2.24) is 0 Å². The van der Waals surface area contributed by atoms with Crippen LogP contribution < -0.4 is 4.74 Å². The maximum atomic E-state index is 5.87. The van der Waals surface area contributed by atoms with E-state index in [9.17, 15) is 0 Å². The van der Waals surface area contributed by atoms with Crippen molar-refractivity contribution >= 4 is 17.2 Å². The first-order chi connectivity index (χ1) is 6.19. The van der Waals surface area contributed by atoms with E-state index in [0.717, 1.165) is 16.9 Å². The van der Waals surface area contributed by atoms with Crippen LogP contribution in [0.25, 0.3) is 5.57 Å². The molecule has 0 fully saturated rings. The number of hydrogen-bond acceptors (Lipinski definition) is 1. The van der Waals surface area contributed by atoms with E-state index in [4.69, 9.17) is 16.3 Å². The van der Waals surface area contributed by atoms with Gasteiger partial charge in [-0.15, -0.1) is 0 Å². The van der Waals surface area contributed by atoms with Gasteiger partial charge in [-0.25, -0.2) is 0 Å². The molecule has 0 atom stereocenters. The number of halogens is 1. The monoisotopic (exact) mass is 195 g/mol. The fourth-order valence-corrected chi connectivity index (χ4v) is 1.27. The molecule has 0 aliphatic heterocycles. The zero-order valence-corrected chi connectivity index (χ0v) is 8.56. The van der Waals surface area contributed by atoms with Crippen molar-refractivity contribution in [3.63, 3.8) is 0 Å². The Kier molecular flexibility index (Phi) is 3.38. The van der Waals surface area contributed by atoms with E-state index in [-0.39, 0.29) is 0 Å². The molecule has 1 aromatic carbocycles.